The molecule has 3 aliphatic rings. The van der Waals surface area contributed by atoms with Crippen LogP contribution in [0.1, 0.15) is 54.7 Å². The normalized spacial score (nSPS) is 22.7. The fourth-order valence-corrected chi connectivity index (χ4v) is 5.77. The molecule has 0 N–H and O–H groups in total. The van der Waals surface area contributed by atoms with Gasteiger partial charge in [-0.3, -0.25) is 4.79 Å². The summed E-state index contributed by atoms with van der Waals surface area (Å²) in [4.78, 5) is 16.4. The average Bonchev–Trinajstić information content (AvgIpc) is 3.36. The molecule has 5 heteroatoms. The zero-order valence-corrected chi connectivity index (χ0v) is 16.5. The number of hydrogen-bond acceptors (Lipinski definition) is 4. The minimum atomic E-state index is 0.0644. The van der Waals surface area contributed by atoms with Gasteiger partial charge in [0.05, 0.1) is 12.5 Å². The number of nitrogens with zero attached hydrogens (tertiary/aromatic N) is 1. The Morgan fingerprint density at radius 1 is 1.22 bits per heavy atom. The summed E-state index contributed by atoms with van der Waals surface area (Å²) in [5.41, 5.74) is 2.70. The van der Waals surface area contributed by atoms with Crippen LogP contribution in [0.4, 0.5) is 0 Å². The summed E-state index contributed by atoms with van der Waals surface area (Å²) in [5.74, 6) is 1.93. The first-order valence-corrected chi connectivity index (χ1v) is 10.8. The molecule has 5 rings (SSSR count). The van der Waals surface area contributed by atoms with Gasteiger partial charge in [0.15, 0.2) is 11.5 Å². The summed E-state index contributed by atoms with van der Waals surface area (Å²) in [5, 5.41) is 2.04. The predicted octanol–water partition coefficient (Wildman–Crippen LogP) is 4.48. The molecule has 2 aliphatic heterocycles. The van der Waals surface area contributed by atoms with Crippen molar-refractivity contribution in [2.75, 3.05) is 19.8 Å². The van der Waals surface area contributed by atoms with Gasteiger partial charge < -0.3 is 14.4 Å². The van der Waals surface area contributed by atoms with Crippen LogP contribution in [0.3, 0.4) is 0 Å². The van der Waals surface area contributed by atoms with Crippen LogP contribution < -0.4 is 9.47 Å². The molecule has 1 aromatic carbocycles. The maximum absolute atomic E-state index is 13.2. The van der Waals surface area contributed by atoms with Gasteiger partial charge in [0, 0.05) is 16.8 Å². The highest BCUT2D eigenvalue weighted by Gasteiger charge is 2.46. The number of benzene rings is 1. The number of fused-ring (bicyclic) bond motifs is 3. The number of thiophene rings is 1. The molecule has 0 saturated heterocycles. The van der Waals surface area contributed by atoms with Crippen molar-refractivity contribution in [1.29, 1.82) is 0 Å². The monoisotopic (exact) mass is 383 g/mol. The van der Waals surface area contributed by atoms with Crippen LogP contribution >= 0.6 is 11.3 Å². The van der Waals surface area contributed by atoms with E-state index in [0.717, 1.165) is 35.8 Å². The molecule has 0 bridgehead atoms. The molecule has 2 aromatic rings. The first-order chi connectivity index (χ1) is 13.2. The van der Waals surface area contributed by atoms with E-state index in [-0.39, 0.29) is 17.4 Å². The first-order valence-electron chi connectivity index (χ1n) is 9.92. The number of carbonyl (C=O) groups excluding carboxylic acids is 1. The Morgan fingerprint density at radius 2 is 1.96 bits per heavy atom. The lowest BCUT2D eigenvalue weighted by Crippen LogP contribution is -2.49. The third-order valence-corrected chi connectivity index (χ3v) is 7.34. The van der Waals surface area contributed by atoms with E-state index in [1.807, 2.05) is 11.4 Å². The molecule has 27 heavy (non-hydrogen) atoms. The van der Waals surface area contributed by atoms with E-state index in [2.05, 4.69) is 30.0 Å². The van der Waals surface area contributed by atoms with Gasteiger partial charge in [0.25, 0.3) is 0 Å². The minimum Gasteiger partial charge on any atom is -0.486 e. The van der Waals surface area contributed by atoms with E-state index in [1.54, 1.807) is 11.3 Å². The molecule has 1 fully saturated rings. The molecule has 0 radical (unpaired) electrons. The van der Waals surface area contributed by atoms with E-state index in [9.17, 15) is 4.79 Å². The molecular formula is C22H25NO3S. The zero-order chi connectivity index (χ0) is 18.4. The number of ether oxygens (including phenoxy) is 2. The van der Waals surface area contributed by atoms with Gasteiger partial charge in [-0.25, -0.2) is 0 Å². The lowest BCUT2D eigenvalue weighted by atomic mass is 9.71. The van der Waals surface area contributed by atoms with Crippen LogP contribution in [0.15, 0.2) is 29.6 Å². The summed E-state index contributed by atoms with van der Waals surface area (Å²) < 4.78 is 11.7. The van der Waals surface area contributed by atoms with Crippen LogP contribution in [0.2, 0.25) is 0 Å². The molecule has 1 unspecified atom stereocenters. The Kier molecular flexibility index (Phi) is 4.15. The van der Waals surface area contributed by atoms with Crippen molar-refractivity contribution in [3.05, 3.63) is 45.6 Å². The first kappa shape index (κ1) is 17.1. The maximum Gasteiger partial charge on any atom is 0.228 e. The van der Waals surface area contributed by atoms with E-state index >= 15 is 0 Å². The Morgan fingerprint density at radius 3 is 2.67 bits per heavy atom. The van der Waals surface area contributed by atoms with Crippen molar-refractivity contribution in [1.82, 2.24) is 4.90 Å². The van der Waals surface area contributed by atoms with Crippen LogP contribution in [0.5, 0.6) is 11.5 Å². The lowest BCUT2D eigenvalue weighted by Gasteiger charge is -2.46. The summed E-state index contributed by atoms with van der Waals surface area (Å²) in [7, 11) is 0. The van der Waals surface area contributed by atoms with Crippen LogP contribution in [-0.4, -0.2) is 30.6 Å². The topological polar surface area (TPSA) is 38.8 Å². The molecule has 1 saturated carbocycles. The third kappa shape index (κ3) is 2.83. The standard InChI is InChI=1S/C22H25NO3S/c1-15-17-12-19-20(26-9-8-25-19)13-18(17)22(6-2-3-7-22)14-23(15)21(24)11-16-5-4-10-27-16/h4-5,10,12-13,15H,2-3,6-9,11,14H2,1H3. The molecule has 1 aromatic heterocycles. The fourth-order valence-electron chi connectivity index (χ4n) is 5.07. The van der Waals surface area contributed by atoms with Gasteiger partial charge in [-0.1, -0.05) is 18.9 Å². The second-order valence-corrected chi connectivity index (χ2v) is 9.06. The van der Waals surface area contributed by atoms with Gasteiger partial charge in [0.1, 0.15) is 13.2 Å². The number of rotatable bonds is 2. The quantitative estimate of drug-likeness (QED) is 0.768. The minimum absolute atomic E-state index is 0.0644. The Bertz CT molecular complexity index is 855. The summed E-state index contributed by atoms with van der Waals surface area (Å²) in [6.45, 7) is 4.18. The van der Waals surface area contributed by atoms with Gasteiger partial charge in [-0.2, -0.15) is 0 Å². The smallest absolute Gasteiger partial charge is 0.228 e. The highest BCUT2D eigenvalue weighted by Crippen LogP contribution is 2.52. The molecule has 1 atom stereocenters. The third-order valence-electron chi connectivity index (χ3n) is 6.46. The molecule has 142 valence electrons. The van der Waals surface area contributed by atoms with Crippen LogP contribution in [0.25, 0.3) is 0 Å². The number of amides is 1. The van der Waals surface area contributed by atoms with E-state index in [4.69, 9.17) is 9.47 Å². The molecular weight excluding hydrogens is 358 g/mol. The zero-order valence-electron chi connectivity index (χ0n) is 15.7. The molecule has 1 spiro atoms. The summed E-state index contributed by atoms with van der Waals surface area (Å²) >= 11 is 1.66. The lowest BCUT2D eigenvalue weighted by molar-refractivity contribution is -0.134. The molecule has 1 amide bonds. The molecule has 4 nitrogen and oxygen atoms in total. The fraction of sp³-hybridized carbons (Fsp3) is 0.500. The second kappa shape index (κ2) is 6.55. The van der Waals surface area contributed by atoms with E-state index < -0.39 is 0 Å². The van der Waals surface area contributed by atoms with Gasteiger partial charge >= 0.3 is 0 Å². The average molecular weight is 384 g/mol. The second-order valence-electron chi connectivity index (χ2n) is 8.02. The van der Waals surface area contributed by atoms with Crippen molar-refractivity contribution >= 4 is 17.2 Å². The Labute approximate surface area is 164 Å². The van der Waals surface area contributed by atoms with Crippen molar-refractivity contribution in [3.8, 4) is 11.5 Å². The van der Waals surface area contributed by atoms with Gasteiger partial charge in [-0.05, 0) is 54.5 Å². The summed E-state index contributed by atoms with van der Waals surface area (Å²) in [6, 6.07) is 8.49. The van der Waals surface area contributed by atoms with Crippen LogP contribution in [0, 0.1) is 0 Å². The van der Waals surface area contributed by atoms with Crippen molar-refractivity contribution in [3.63, 3.8) is 0 Å². The van der Waals surface area contributed by atoms with Crippen molar-refractivity contribution < 1.29 is 14.3 Å². The Balaban J connectivity index is 1.55. The number of carbonyl (C=O) groups is 1. The SMILES string of the molecule is CC1c2cc3c(cc2C2(CCCC2)CN1C(=O)Cc1cccs1)OCCO3. The predicted molar refractivity (Wildman–Crippen MR) is 106 cm³/mol. The Hall–Kier alpha value is -2.01. The molecule has 3 heterocycles. The van der Waals surface area contributed by atoms with Crippen LogP contribution in [-0.2, 0) is 16.6 Å². The van der Waals surface area contributed by atoms with Gasteiger partial charge in [0.2, 0.25) is 5.91 Å². The molecule has 1 aliphatic carbocycles. The highest BCUT2D eigenvalue weighted by molar-refractivity contribution is 7.10. The largest absolute Gasteiger partial charge is 0.486 e. The van der Waals surface area contributed by atoms with Crippen molar-refractivity contribution in [2.24, 2.45) is 0 Å². The summed E-state index contributed by atoms with van der Waals surface area (Å²) in [6.07, 6.45) is 5.26. The van der Waals surface area contributed by atoms with E-state index in [0.29, 0.717) is 19.6 Å². The maximum atomic E-state index is 13.2. The number of hydrogen-bond donors (Lipinski definition) is 0. The van der Waals surface area contributed by atoms with Crippen molar-refractivity contribution in [2.45, 2.75) is 50.5 Å². The van der Waals surface area contributed by atoms with E-state index in [1.165, 1.54) is 24.0 Å². The highest BCUT2D eigenvalue weighted by atomic mass is 32.1. The van der Waals surface area contributed by atoms with Gasteiger partial charge in [-0.15, -0.1) is 11.3 Å².